The Morgan fingerprint density at radius 2 is 1.03 bits per heavy atom. The summed E-state index contributed by atoms with van der Waals surface area (Å²) in [5, 5.41) is 23.6. The number of phenolic OH excluding ortho intramolecular Hbond substituents is 2. The summed E-state index contributed by atoms with van der Waals surface area (Å²) in [5.41, 5.74) is 6.05. The second-order valence-corrected chi connectivity index (χ2v) is 11.4. The SMILES string of the molecule is Cc1cc(C(c2ccc(Cl)cc2)c2cc(C)cc(C(C)(C)C)c2O)c(O)c(C(C)(C)C)c1. The van der Waals surface area contributed by atoms with Crippen molar-refractivity contribution < 1.29 is 10.2 Å². The van der Waals surface area contributed by atoms with Crippen LogP contribution in [0.1, 0.15) is 86.4 Å². The van der Waals surface area contributed by atoms with E-state index in [1.165, 1.54) is 0 Å². The molecule has 0 bridgehead atoms. The summed E-state index contributed by atoms with van der Waals surface area (Å²) in [6.45, 7) is 16.7. The Hall–Kier alpha value is -2.45. The van der Waals surface area contributed by atoms with Crippen molar-refractivity contribution in [1.29, 1.82) is 0 Å². The number of benzene rings is 3. The maximum atomic E-state index is 11.5. The zero-order chi connectivity index (χ0) is 24.0. The topological polar surface area (TPSA) is 40.5 Å². The van der Waals surface area contributed by atoms with Crippen LogP contribution in [0.2, 0.25) is 5.02 Å². The molecule has 32 heavy (non-hydrogen) atoms. The molecule has 0 amide bonds. The molecule has 0 heterocycles. The minimum absolute atomic E-state index is 0.222. The van der Waals surface area contributed by atoms with Crippen LogP contribution < -0.4 is 0 Å². The van der Waals surface area contributed by atoms with Crippen molar-refractivity contribution in [2.75, 3.05) is 0 Å². The first kappa shape index (κ1) is 24.2. The molecule has 3 heteroatoms. The predicted molar refractivity (Wildman–Crippen MR) is 135 cm³/mol. The van der Waals surface area contributed by atoms with Crippen LogP contribution in [-0.4, -0.2) is 10.2 Å². The van der Waals surface area contributed by atoms with Gasteiger partial charge in [0.1, 0.15) is 11.5 Å². The molecule has 0 aliphatic carbocycles. The molecule has 0 aliphatic rings. The largest absolute Gasteiger partial charge is 0.507 e. The van der Waals surface area contributed by atoms with E-state index in [0.29, 0.717) is 5.02 Å². The minimum atomic E-state index is -0.339. The van der Waals surface area contributed by atoms with Crippen LogP contribution in [0.5, 0.6) is 11.5 Å². The fourth-order valence-corrected chi connectivity index (χ4v) is 4.51. The van der Waals surface area contributed by atoms with Gasteiger partial charge in [0.05, 0.1) is 0 Å². The maximum absolute atomic E-state index is 11.5. The Balaban J connectivity index is 2.41. The number of aromatic hydroxyl groups is 2. The standard InChI is InChI=1S/C29H35ClO2/c1-17-13-21(26(31)23(15-17)28(3,4)5)25(19-9-11-20(30)12-10-19)22-14-18(2)16-24(27(22)32)29(6,7)8/h9-16,25,31-32H,1-8H3. The van der Waals surface area contributed by atoms with Gasteiger partial charge in [-0.2, -0.15) is 0 Å². The van der Waals surface area contributed by atoms with Crippen LogP contribution in [0.15, 0.2) is 48.5 Å². The molecule has 0 unspecified atom stereocenters. The molecule has 3 rings (SSSR count). The van der Waals surface area contributed by atoms with Crippen LogP contribution in [0.4, 0.5) is 0 Å². The predicted octanol–water partition coefficient (Wildman–Crippen LogP) is 8.14. The molecule has 0 spiro atoms. The van der Waals surface area contributed by atoms with Crippen LogP contribution in [0, 0.1) is 13.8 Å². The van der Waals surface area contributed by atoms with Gasteiger partial charge in [-0.05, 0) is 53.5 Å². The summed E-state index contributed by atoms with van der Waals surface area (Å²) < 4.78 is 0. The summed E-state index contributed by atoms with van der Waals surface area (Å²) in [6.07, 6.45) is 0. The molecular weight excluding hydrogens is 416 g/mol. The first-order valence-electron chi connectivity index (χ1n) is 11.1. The zero-order valence-electron chi connectivity index (χ0n) is 20.5. The summed E-state index contributed by atoms with van der Waals surface area (Å²) in [7, 11) is 0. The van der Waals surface area contributed by atoms with Crippen molar-refractivity contribution in [2.45, 2.75) is 72.1 Å². The van der Waals surface area contributed by atoms with Crippen molar-refractivity contribution >= 4 is 11.6 Å². The molecule has 3 aromatic rings. The van der Waals surface area contributed by atoms with Gasteiger partial charge in [-0.3, -0.25) is 0 Å². The first-order valence-corrected chi connectivity index (χ1v) is 11.5. The average molecular weight is 451 g/mol. The van der Waals surface area contributed by atoms with Crippen LogP contribution in [0.25, 0.3) is 0 Å². The van der Waals surface area contributed by atoms with Gasteiger partial charge in [0.25, 0.3) is 0 Å². The molecule has 0 aromatic heterocycles. The van der Waals surface area contributed by atoms with Gasteiger partial charge < -0.3 is 10.2 Å². The Morgan fingerprint density at radius 1 is 0.656 bits per heavy atom. The molecule has 2 nitrogen and oxygen atoms in total. The normalized spacial score (nSPS) is 12.4. The lowest BCUT2D eigenvalue weighted by Gasteiger charge is -2.29. The number of halogens is 1. The van der Waals surface area contributed by atoms with E-state index in [2.05, 4.69) is 53.7 Å². The van der Waals surface area contributed by atoms with Crippen molar-refractivity contribution in [3.05, 3.63) is 92.5 Å². The van der Waals surface area contributed by atoms with Gasteiger partial charge >= 0.3 is 0 Å². The smallest absolute Gasteiger partial charge is 0.123 e. The van der Waals surface area contributed by atoms with E-state index >= 15 is 0 Å². The highest BCUT2D eigenvalue weighted by atomic mass is 35.5. The third-order valence-electron chi connectivity index (χ3n) is 6.01. The lowest BCUT2D eigenvalue weighted by Crippen LogP contribution is -2.16. The van der Waals surface area contributed by atoms with Gasteiger partial charge in [0.2, 0.25) is 0 Å². The van der Waals surface area contributed by atoms with Crippen molar-refractivity contribution in [3.8, 4) is 11.5 Å². The first-order chi connectivity index (χ1) is 14.7. The number of rotatable bonds is 3. The lowest BCUT2D eigenvalue weighted by atomic mass is 9.76. The van der Waals surface area contributed by atoms with E-state index in [0.717, 1.165) is 38.9 Å². The van der Waals surface area contributed by atoms with E-state index in [1.54, 1.807) is 0 Å². The summed E-state index contributed by atoms with van der Waals surface area (Å²) in [4.78, 5) is 0. The van der Waals surface area contributed by atoms with Crippen LogP contribution >= 0.6 is 11.6 Å². The Morgan fingerprint density at radius 3 is 1.38 bits per heavy atom. The van der Waals surface area contributed by atoms with Crippen molar-refractivity contribution in [2.24, 2.45) is 0 Å². The summed E-state index contributed by atoms with van der Waals surface area (Å²) in [6, 6.07) is 15.8. The van der Waals surface area contributed by atoms with E-state index in [9.17, 15) is 10.2 Å². The molecule has 0 aliphatic heterocycles. The quantitative estimate of drug-likeness (QED) is 0.395. The fraction of sp³-hybridized carbons (Fsp3) is 0.379. The molecule has 0 fully saturated rings. The van der Waals surface area contributed by atoms with Crippen molar-refractivity contribution in [1.82, 2.24) is 0 Å². The molecule has 0 saturated heterocycles. The van der Waals surface area contributed by atoms with Gasteiger partial charge in [-0.25, -0.2) is 0 Å². The van der Waals surface area contributed by atoms with E-state index in [-0.39, 0.29) is 28.2 Å². The second-order valence-electron chi connectivity index (χ2n) is 11.0. The summed E-state index contributed by atoms with van der Waals surface area (Å²) in [5.74, 6) is 0.219. The molecular formula is C29H35ClO2. The Bertz CT molecular complexity index is 1060. The monoisotopic (exact) mass is 450 g/mol. The highest BCUT2D eigenvalue weighted by molar-refractivity contribution is 6.30. The average Bonchev–Trinajstić information content (AvgIpc) is 2.66. The Labute approximate surface area is 197 Å². The highest BCUT2D eigenvalue weighted by Crippen LogP contribution is 2.47. The van der Waals surface area contributed by atoms with Crippen molar-refractivity contribution in [3.63, 3.8) is 0 Å². The van der Waals surface area contributed by atoms with Crippen LogP contribution in [-0.2, 0) is 10.8 Å². The lowest BCUT2D eigenvalue weighted by molar-refractivity contribution is 0.431. The van der Waals surface area contributed by atoms with E-state index < -0.39 is 0 Å². The van der Waals surface area contributed by atoms with Gasteiger partial charge in [0, 0.05) is 22.1 Å². The number of hydrogen-bond acceptors (Lipinski definition) is 2. The van der Waals surface area contributed by atoms with Gasteiger partial charge in [-0.1, -0.05) is 101 Å². The molecule has 0 atom stereocenters. The number of hydrogen-bond donors (Lipinski definition) is 2. The Kier molecular flexibility index (Phi) is 6.41. The van der Waals surface area contributed by atoms with Gasteiger partial charge in [0.15, 0.2) is 0 Å². The number of aryl methyl sites for hydroxylation is 2. The van der Waals surface area contributed by atoms with E-state index in [4.69, 9.17) is 11.6 Å². The number of phenols is 2. The highest BCUT2D eigenvalue weighted by Gasteiger charge is 2.30. The molecule has 2 N–H and O–H groups in total. The fourth-order valence-electron chi connectivity index (χ4n) is 4.38. The maximum Gasteiger partial charge on any atom is 0.123 e. The van der Waals surface area contributed by atoms with Gasteiger partial charge in [-0.15, -0.1) is 0 Å². The molecule has 0 radical (unpaired) electrons. The molecule has 0 saturated carbocycles. The second kappa shape index (κ2) is 8.48. The zero-order valence-corrected chi connectivity index (χ0v) is 21.2. The minimum Gasteiger partial charge on any atom is -0.507 e. The molecule has 170 valence electrons. The molecule has 3 aromatic carbocycles. The summed E-state index contributed by atoms with van der Waals surface area (Å²) >= 11 is 6.19. The third kappa shape index (κ3) is 4.81. The van der Waals surface area contributed by atoms with E-state index in [1.807, 2.05) is 50.2 Å². The third-order valence-corrected chi connectivity index (χ3v) is 6.26. The van der Waals surface area contributed by atoms with Crippen LogP contribution in [0.3, 0.4) is 0 Å².